The first kappa shape index (κ1) is 14.9. The van der Waals surface area contributed by atoms with Crippen molar-refractivity contribution in [1.82, 2.24) is 0 Å². The largest absolute Gasteiger partial charge is 0.478 e. The van der Waals surface area contributed by atoms with Gasteiger partial charge in [-0.2, -0.15) is 5.26 Å². The molecule has 2 aliphatic rings. The molecule has 1 unspecified atom stereocenters. The van der Waals surface area contributed by atoms with Crippen molar-refractivity contribution in [2.24, 2.45) is 4.99 Å². The molecule has 1 N–H and O–H groups in total. The van der Waals surface area contributed by atoms with Gasteiger partial charge in [-0.05, 0) is 42.3 Å². The summed E-state index contributed by atoms with van der Waals surface area (Å²) < 4.78 is 5.55. The second-order valence-corrected chi connectivity index (χ2v) is 5.46. The van der Waals surface area contributed by atoms with Gasteiger partial charge in [0.05, 0.1) is 11.3 Å². The zero-order chi connectivity index (χ0) is 16.6. The normalized spacial score (nSPS) is 22.3. The number of fused-ring (bicyclic) bond motifs is 1. The number of benzene rings is 1. The molecule has 23 heavy (non-hydrogen) atoms. The highest BCUT2D eigenvalue weighted by Crippen LogP contribution is 2.37. The Morgan fingerprint density at radius 3 is 2.57 bits per heavy atom. The fourth-order valence-corrected chi connectivity index (χ4v) is 2.68. The Hall–Kier alpha value is -2.97. The van der Waals surface area contributed by atoms with Crippen molar-refractivity contribution in [1.29, 1.82) is 5.26 Å². The zero-order valence-corrected chi connectivity index (χ0v) is 12.7. The molecule has 1 aliphatic heterocycles. The van der Waals surface area contributed by atoms with Crippen LogP contribution in [0.25, 0.3) is 5.57 Å². The summed E-state index contributed by atoms with van der Waals surface area (Å²) in [6.45, 7) is 1.89. The van der Waals surface area contributed by atoms with E-state index in [0.717, 1.165) is 16.7 Å². The summed E-state index contributed by atoms with van der Waals surface area (Å²) in [5, 5.41) is 18.1. The van der Waals surface area contributed by atoms with Crippen molar-refractivity contribution in [3.8, 4) is 6.07 Å². The number of nitrogens with zero attached hydrogens (tertiary/aromatic N) is 2. The van der Waals surface area contributed by atoms with Gasteiger partial charge in [-0.25, -0.2) is 9.79 Å². The summed E-state index contributed by atoms with van der Waals surface area (Å²) in [5.41, 5.74) is 3.15. The van der Waals surface area contributed by atoms with Crippen LogP contribution >= 0.6 is 0 Å². The second-order valence-electron chi connectivity index (χ2n) is 5.46. The molecule has 0 saturated carbocycles. The molecule has 114 valence electrons. The first-order valence-electron chi connectivity index (χ1n) is 7.02. The average Bonchev–Trinajstić information content (AvgIpc) is 3.01. The van der Waals surface area contributed by atoms with E-state index in [4.69, 9.17) is 15.1 Å². The van der Waals surface area contributed by atoms with Crippen LogP contribution in [0.2, 0.25) is 0 Å². The molecule has 1 aromatic rings. The lowest BCUT2D eigenvalue weighted by molar-refractivity contribution is 0.0697. The van der Waals surface area contributed by atoms with Gasteiger partial charge in [0, 0.05) is 12.7 Å². The van der Waals surface area contributed by atoms with Crippen molar-refractivity contribution in [3.63, 3.8) is 0 Å². The van der Waals surface area contributed by atoms with Crippen LogP contribution in [-0.2, 0) is 4.74 Å². The number of hydrogen-bond donors (Lipinski definition) is 1. The number of ether oxygens (including phenoxy) is 1. The first-order valence-corrected chi connectivity index (χ1v) is 7.02. The highest BCUT2D eigenvalue weighted by molar-refractivity contribution is 6.19. The summed E-state index contributed by atoms with van der Waals surface area (Å²) in [4.78, 5) is 15.3. The molecule has 1 aliphatic carbocycles. The van der Waals surface area contributed by atoms with E-state index in [1.165, 1.54) is 0 Å². The van der Waals surface area contributed by atoms with Crippen LogP contribution in [0.1, 0.15) is 22.8 Å². The van der Waals surface area contributed by atoms with E-state index in [1.54, 1.807) is 37.5 Å². The lowest BCUT2D eigenvalue weighted by Crippen LogP contribution is -2.37. The lowest BCUT2D eigenvalue weighted by Gasteiger charge is -2.30. The van der Waals surface area contributed by atoms with Gasteiger partial charge in [-0.3, -0.25) is 0 Å². The van der Waals surface area contributed by atoms with Gasteiger partial charge < -0.3 is 9.84 Å². The molecule has 1 aromatic carbocycles. The topological polar surface area (TPSA) is 82.7 Å². The molecule has 3 rings (SSSR count). The Morgan fingerprint density at radius 1 is 1.30 bits per heavy atom. The maximum absolute atomic E-state index is 11.0. The van der Waals surface area contributed by atoms with Crippen LogP contribution in [0.3, 0.4) is 0 Å². The number of carboxylic acids is 1. The molecule has 0 bridgehead atoms. The maximum atomic E-state index is 11.0. The lowest BCUT2D eigenvalue weighted by atomic mass is 9.83. The van der Waals surface area contributed by atoms with Crippen LogP contribution in [0.15, 0.2) is 58.8 Å². The van der Waals surface area contributed by atoms with Gasteiger partial charge in [0.1, 0.15) is 17.4 Å². The summed E-state index contributed by atoms with van der Waals surface area (Å²) in [6.07, 6.45) is 5.55. The SMILES string of the molecule is COC1(C)C=CC(c2ccc(C(=O)O)cc2)=C2C=C(C#N)N=C21. The molecule has 0 radical (unpaired) electrons. The molecule has 5 heteroatoms. The third kappa shape index (κ3) is 2.39. The van der Waals surface area contributed by atoms with Crippen LogP contribution in [0.4, 0.5) is 0 Å². The maximum Gasteiger partial charge on any atom is 0.335 e. The highest BCUT2D eigenvalue weighted by atomic mass is 16.5. The smallest absolute Gasteiger partial charge is 0.335 e. The van der Waals surface area contributed by atoms with Crippen molar-refractivity contribution in [2.75, 3.05) is 7.11 Å². The van der Waals surface area contributed by atoms with E-state index >= 15 is 0 Å². The predicted octanol–water partition coefficient (Wildman–Crippen LogP) is 2.98. The van der Waals surface area contributed by atoms with Crippen molar-refractivity contribution in [2.45, 2.75) is 12.5 Å². The number of aliphatic imine (C=N–C) groups is 1. The third-order valence-electron chi connectivity index (χ3n) is 4.08. The van der Waals surface area contributed by atoms with E-state index in [-0.39, 0.29) is 5.56 Å². The highest BCUT2D eigenvalue weighted by Gasteiger charge is 2.36. The summed E-state index contributed by atoms with van der Waals surface area (Å²) in [6, 6.07) is 8.68. The van der Waals surface area contributed by atoms with E-state index < -0.39 is 11.6 Å². The molecule has 1 heterocycles. The number of hydrogen-bond acceptors (Lipinski definition) is 4. The van der Waals surface area contributed by atoms with Crippen molar-refractivity contribution < 1.29 is 14.6 Å². The van der Waals surface area contributed by atoms with Gasteiger partial charge in [0.25, 0.3) is 0 Å². The predicted molar refractivity (Wildman–Crippen MR) is 86.0 cm³/mol. The van der Waals surface area contributed by atoms with Crippen LogP contribution < -0.4 is 0 Å². The molecular formula is C18H14N2O3. The summed E-state index contributed by atoms with van der Waals surface area (Å²) >= 11 is 0. The molecular weight excluding hydrogens is 292 g/mol. The van der Waals surface area contributed by atoms with Crippen molar-refractivity contribution in [3.05, 3.63) is 64.9 Å². The van der Waals surface area contributed by atoms with E-state index in [1.807, 2.05) is 19.1 Å². The minimum atomic E-state index is -0.963. The van der Waals surface area contributed by atoms with E-state index in [0.29, 0.717) is 11.4 Å². The Labute approximate surface area is 133 Å². The van der Waals surface area contributed by atoms with Gasteiger partial charge in [-0.15, -0.1) is 0 Å². The van der Waals surface area contributed by atoms with Gasteiger partial charge >= 0.3 is 5.97 Å². The fourth-order valence-electron chi connectivity index (χ4n) is 2.68. The van der Waals surface area contributed by atoms with Crippen LogP contribution in [0.5, 0.6) is 0 Å². The van der Waals surface area contributed by atoms with Crippen LogP contribution in [0, 0.1) is 11.3 Å². The Morgan fingerprint density at radius 2 is 2.00 bits per heavy atom. The zero-order valence-electron chi connectivity index (χ0n) is 12.7. The van der Waals surface area contributed by atoms with E-state index in [9.17, 15) is 4.79 Å². The van der Waals surface area contributed by atoms with Gasteiger partial charge in [0.2, 0.25) is 0 Å². The number of carboxylic acid groups (broad SMARTS) is 1. The Balaban J connectivity index is 2.12. The molecule has 0 saturated heterocycles. The average molecular weight is 306 g/mol. The minimum Gasteiger partial charge on any atom is -0.478 e. The molecule has 0 spiro atoms. The van der Waals surface area contributed by atoms with E-state index in [2.05, 4.69) is 11.1 Å². The molecule has 0 fully saturated rings. The molecule has 5 nitrogen and oxygen atoms in total. The number of allylic oxidation sites excluding steroid dienone is 4. The Kier molecular flexibility index (Phi) is 3.47. The first-order chi connectivity index (χ1) is 11.0. The number of nitriles is 1. The quantitative estimate of drug-likeness (QED) is 0.930. The number of methoxy groups -OCH3 is 1. The van der Waals surface area contributed by atoms with Crippen molar-refractivity contribution >= 4 is 17.3 Å². The molecule has 0 amide bonds. The van der Waals surface area contributed by atoms with Gasteiger partial charge in [-0.1, -0.05) is 18.2 Å². The van der Waals surface area contributed by atoms with Crippen LogP contribution in [-0.4, -0.2) is 29.5 Å². The second kappa shape index (κ2) is 5.34. The number of carbonyl (C=O) groups is 1. The Bertz CT molecular complexity index is 851. The molecule has 0 aromatic heterocycles. The number of aromatic carboxylic acids is 1. The summed E-state index contributed by atoms with van der Waals surface area (Å²) in [5.74, 6) is -0.963. The standard InChI is InChI=1S/C18H14N2O3/c1-18(23-2)8-7-14(15-9-13(10-19)20-16(15)18)11-3-5-12(6-4-11)17(21)22/h3-9H,1-2H3,(H,21,22). The number of rotatable bonds is 3. The fraction of sp³-hybridized carbons (Fsp3) is 0.167. The third-order valence-corrected chi connectivity index (χ3v) is 4.08. The minimum absolute atomic E-state index is 0.231. The van der Waals surface area contributed by atoms with Gasteiger partial charge in [0.15, 0.2) is 0 Å². The monoisotopic (exact) mass is 306 g/mol. The molecule has 1 atom stereocenters. The summed E-state index contributed by atoms with van der Waals surface area (Å²) in [7, 11) is 1.60.